The minimum atomic E-state index is -0.820. The molecule has 1 saturated heterocycles. The molecule has 1 aliphatic heterocycles. The van der Waals surface area contributed by atoms with Crippen LogP contribution in [-0.2, 0) is 9.53 Å². The van der Waals surface area contributed by atoms with Crippen LogP contribution in [0.25, 0.3) is 0 Å². The van der Waals surface area contributed by atoms with Crippen LogP contribution in [0.3, 0.4) is 0 Å². The highest BCUT2D eigenvalue weighted by atomic mass is 79.9. The second-order valence-corrected chi connectivity index (χ2v) is 5.70. The molecule has 0 amide bonds. The standard InChI is InChI=1S/C10H12BrNO3S/c1-12-8(7-2-6(11)3-16-7)10(9(13)14)4-15-5-10/h2-3,8,12H,4-5H2,1H3,(H,13,14). The minimum absolute atomic E-state index is 0.199. The van der Waals surface area contributed by atoms with Crippen molar-refractivity contribution in [2.75, 3.05) is 20.3 Å². The molecule has 0 aromatic carbocycles. The third-order valence-corrected chi connectivity index (χ3v) is 4.62. The highest BCUT2D eigenvalue weighted by molar-refractivity contribution is 9.10. The molecule has 1 fully saturated rings. The Morgan fingerprint density at radius 3 is 2.75 bits per heavy atom. The number of thiophene rings is 1. The predicted molar refractivity (Wildman–Crippen MR) is 64.7 cm³/mol. The summed E-state index contributed by atoms with van der Waals surface area (Å²) in [6, 6.07) is 1.75. The van der Waals surface area contributed by atoms with Gasteiger partial charge in [0.15, 0.2) is 0 Å². The van der Waals surface area contributed by atoms with Crippen molar-refractivity contribution in [1.82, 2.24) is 5.32 Å². The van der Waals surface area contributed by atoms with Gasteiger partial charge in [-0.25, -0.2) is 0 Å². The van der Waals surface area contributed by atoms with Gasteiger partial charge >= 0.3 is 5.97 Å². The Balaban J connectivity index is 2.31. The summed E-state index contributed by atoms with van der Waals surface area (Å²) >= 11 is 4.92. The number of rotatable bonds is 4. The molecular weight excluding hydrogens is 294 g/mol. The Kier molecular flexibility index (Phi) is 3.34. The van der Waals surface area contributed by atoms with Gasteiger partial charge in [-0.2, -0.15) is 0 Å². The first kappa shape index (κ1) is 12.0. The van der Waals surface area contributed by atoms with Crippen molar-refractivity contribution < 1.29 is 14.6 Å². The number of carboxylic acids is 1. The summed E-state index contributed by atoms with van der Waals surface area (Å²) in [6.07, 6.45) is 0. The Morgan fingerprint density at radius 2 is 2.44 bits per heavy atom. The maximum atomic E-state index is 11.4. The minimum Gasteiger partial charge on any atom is -0.481 e. The van der Waals surface area contributed by atoms with Crippen LogP contribution in [-0.4, -0.2) is 31.3 Å². The van der Waals surface area contributed by atoms with Crippen LogP contribution in [0.2, 0.25) is 0 Å². The third kappa shape index (κ3) is 1.79. The molecule has 0 aliphatic carbocycles. The first-order chi connectivity index (χ1) is 7.60. The van der Waals surface area contributed by atoms with Crippen molar-refractivity contribution in [3.05, 3.63) is 20.8 Å². The van der Waals surface area contributed by atoms with Gasteiger partial charge in [-0.1, -0.05) is 0 Å². The summed E-state index contributed by atoms with van der Waals surface area (Å²) in [5, 5.41) is 14.4. The number of carbonyl (C=O) groups is 1. The summed E-state index contributed by atoms with van der Waals surface area (Å²) in [5.74, 6) is -0.803. The van der Waals surface area contributed by atoms with Crippen molar-refractivity contribution in [1.29, 1.82) is 0 Å². The topological polar surface area (TPSA) is 58.6 Å². The van der Waals surface area contributed by atoms with Crippen LogP contribution < -0.4 is 5.32 Å². The molecule has 0 saturated carbocycles. The molecule has 2 heterocycles. The van der Waals surface area contributed by atoms with E-state index in [9.17, 15) is 9.90 Å². The van der Waals surface area contributed by atoms with Gasteiger partial charge in [-0.3, -0.25) is 4.79 Å². The molecular formula is C10H12BrNO3S. The lowest BCUT2D eigenvalue weighted by atomic mass is 9.77. The lowest BCUT2D eigenvalue weighted by Gasteiger charge is -2.42. The number of carboxylic acid groups (broad SMARTS) is 1. The van der Waals surface area contributed by atoms with Gasteiger partial charge in [0.2, 0.25) is 0 Å². The van der Waals surface area contributed by atoms with Crippen LogP contribution in [0.15, 0.2) is 15.9 Å². The van der Waals surface area contributed by atoms with E-state index in [1.54, 1.807) is 18.4 Å². The number of aliphatic carboxylic acids is 1. The SMILES string of the molecule is CNC(c1cc(Br)cs1)C1(C(=O)O)COC1. The van der Waals surface area contributed by atoms with Crippen molar-refractivity contribution in [2.24, 2.45) is 5.41 Å². The second kappa shape index (κ2) is 4.44. The average molecular weight is 306 g/mol. The molecule has 1 atom stereocenters. The summed E-state index contributed by atoms with van der Waals surface area (Å²) in [5.41, 5.74) is -0.820. The first-order valence-corrected chi connectivity index (χ1v) is 6.50. The van der Waals surface area contributed by atoms with E-state index in [-0.39, 0.29) is 19.3 Å². The summed E-state index contributed by atoms with van der Waals surface area (Å²) in [4.78, 5) is 12.4. The molecule has 6 heteroatoms. The number of nitrogens with one attached hydrogen (secondary N) is 1. The Bertz CT molecular complexity index is 403. The number of halogens is 1. The lowest BCUT2D eigenvalue weighted by molar-refractivity contribution is -0.186. The maximum Gasteiger partial charge on any atom is 0.316 e. The fraction of sp³-hybridized carbons (Fsp3) is 0.500. The summed E-state index contributed by atoms with van der Waals surface area (Å²) in [6.45, 7) is 0.534. The van der Waals surface area contributed by atoms with Gasteiger partial charge in [-0.15, -0.1) is 11.3 Å². The molecule has 88 valence electrons. The van der Waals surface area contributed by atoms with E-state index < -0.39 is 11.4 Å². The zero-order chi connectivity index (χ0) is 11.8. The lowest BCUT2D eigenvalue weighted by Crippen LogP contribution is -2.56. The fourth-order valence-electron chi connectivity index (χ4n) is 1.91. The number of ether oxygens (including phenoxy) is 1. The maximum absolute atomic E-state index is 11.4. The van der Waals surface area contributed by atoms with E-state index in [0.29, 0.717) is 0 Å². The molecule has 0 spiro atoms. The van der Waals surface area contributed by atoms with Crippen LogP contribution in [0.4, 0.5) is 0 Å². The Morgan fingerprint density at radius 1 is 1.75 bits per heavy atom. The molecule has 2 rings (SSSR count). The Hall–Kier alpha value is -0.430. The summed E-state index contributed by atoms with van der Waals surface area (Å²) < 4.78 is 6.06. The highest BCUT2D eigenvalue weighted by Crippen LogP contribution is 2.43. The third-order valence-electron chi connectivity index (χ3n) is 2.86. The quantitative estimate of drug-likeness (QED) is 0.891. The van der Waals surface area contributed by atoms with Crippen molar-refractivity contribution in [2.45, 2.75) is 6.04 Å². The fourth-order valence-corrected chi connectivity index (χ4v) is 3.58. The zero-order valence-electron chi connectivity index (χ0n) is 8.70. The molecule has 1 aromatic rings. The number of hydrogen-bond acceptors (Lipinski definition) is 4. The zero-order valence-corrected chi connectivity index (χ0v) is 11.1. The van der Waals surface area contributed by atoms with Crippen LogP contribution in [0.5, 0.6) is 0 Å². The van der Waals surface area contributed by atoms with Gasteiger partial charge < -0.3 is 15.2 Å². The molecule has 4 nitrogen and oxygen atoms in total. The number of hydrogen-bond donors (Lipinski definition) is 2. The van der Waals surface area contributed by atoms with Crippen LogP contribution >= 0.6 is 27.3 Å². The molecule has 1 aromatic heterocycles. The predicted octanol–water partition coefficient (Wildman–Crippen LogP) is 1.87. The molecule has 1 unspecified atom stereocenters. The molecule has 0 radical (unpaired) electrons. The molecule has 2 N–H and O–H groups in total. The molecule has 0 bridgehead atoms. The van der Waals surface area contributed by atoms with E-state index in [2.05, 4.69) is 21.2 Å². The van der Waals surface area contributed by atoms with E-state index in [0.717, 1.165) is 9.35 Å². The van der Waals surface area contributed by atoms with Gasteiger partial charge in [0.25, 0.3) is 0 Å². The van der Waals surface area contributed by atoms with E-state index in [1.165, 1.54) is 0 Å². The Labute approximate surface area is 106 Å². The largest absolute Gasteiger partial charge is 0.481 e. The van der Waals surface area contributed by atoms with Gasteiger partial charge in [0.1, 0.15) is 5.41 Å². The normalized spacial score (nSPS) is 20.1. The average Bonchev–Trinajstić information content (AvgIpc) is 2.56. The van der Waals surface area contributed by atoms with Crippen molar-refractivity contribution in [3.8, 4) is 0 Å². The van der Waals surface area contributed by atoms with E-state index in [1.807, 2.05) is 11.4 Å². The van der Waals surface area contributed by atoms with Crippen molar-refractivity contribution >= 4 is 33.2 Å². The molecule has 16 heavy (non-hydrogen) atoms. The van der Waals surface area contributed by atoms with Gasteiger partial charge in [-0.05, 0) is 29.0 Å². The monoisotopic (exact) mass is 305 g/mol. The second-order valence-electron chi connectivity index (χ2n) is 3.84. The van der Waals surface area contributed by atoms with Gasteiger partial charge in [0, 0.05) is 14.7 Å². The summed E-state index contributed by atoms with van der Waals surface area (Å²) in [7, 11) is 1.78. The first-order valence-electron chi connectivity index (χ1n) is 4.82. The van der Waals surface area contributed by atoms with Crippen LogP contribution in [0, 0.1) is 5.41 Å². The van der Waals surface area contributed by atoms with E-state index in [4.69, 9.17) is 4.74 Å². The smallest absolute Gasteiger partial charge is 0.316 e. The van der Waals surface area contributed by atoms with Gasteiger partial charge in [0.05, 0.1) is 19.3 Å². The highest BCUT2D eigenvalue weighted by Gasteiger charge is 2.53. The van der Waals surface area contributed by atoms with Crippen molar-refractivity contribution in [3.63, 3.8) is 0 Å². The van der Waals surface area contributed by atoms with E-state index >= 15 is 0 Å². The van der Waals surface area contributed by atoms with Crippen LogP contribution in [0.1, 0.15) is 10.9 Å². The molecule has 1 aliphatic rings.